The third kappa shape index (κ3) is 5.00. The molecule has 1 heterocycles. The fourth-order valence-corrected chi connectivity index (χ4v) is 3.62. The highest BCUT2D eigenvalue weighted by Gasteiger charge is 2.08. The zero-order chi connectivity index (χ0) is 18.5. The Morgan fingerprint density at radius 3 is 2.35 bits per heavy atom. The molecule has 2 aromatic carbocycles. The highest BCUT2D eigenvalue weighted by Crippen LogP contribution is 2.22. The fraction of sp³-hybridized carbons (Fsp3) is 0.158. The molecule has 0 saturated carbocycles. The second-order valence-electron chi connectivity index (χ2n) is 5.72. The SMILES string of the molecule is Cc1[nH]c(=S)sc1CC(=O)NCc1ccc(Oc2ccc(F)cc2)cc1. The molecule has 0 atom stereocenters. The quantitative estimate of drug-likeness (QED) is 0.590. The molecule has 134 valence electrons. The summed E-state index contributed by atoms with van der Waals surface area (Å²) in [4.78, 5) is 16.1. The topological polar surface area (TPSA) is 54.1 Å². The Balaban J connectivity index is 1.52. The van der Waals surface area contributed by atoms with Crippen molar-refractivity contribution in [2.45, 2.75) is 19.9 Å². The Hall–Kier alpha value is -2.51. The zero-order valence-corrected chi connectivity index (χ0v) is 15.7. The van der Waals surface area contributed by atoms with E-state index in [9.17, 15) is 9.18 Å². The number of hydrogen-bond acceptors (Lipinski definition) is 4. The lowest BCUT2D eigenvalue weighted by atomic mass is 10.2. The van der Waals surface area contributed by atoms with Crippen LogP contribution in [0.25, 0.3) is 0 Å². The second-order valence-corrected chi connectivity index (χ2v) is 7.49. The molecular weight excluding hydrogens is 371 g/mol. The Morgan fingerprint density at radius 1 is 1.15 bits per heavy atom. The molecule has 7 heteroatoms. The first-order valence-corrected chi connectivity index (χ1v) is 9.20. The summed E-state index contributed by atoms with van der Waals surface area (Å²) in [5.41, 5.74) is 1.90. The first-order valence-electron chi connectivity index (χ1n) is 7.97. The molecule has 3 rings (SSSR count). The Labute approximate surface area is 159 Å². The summed E-state index contributed by atoms with van der Waals surface area (Å²) >= 11 is 6.51. The number of carbonyl (C=O) groups excluding carboxylic acids is 1. The molecule has 0 aliphatic carbocycles. The van der Waals surface area contributed by atoms with Gasteiger partial charge in [0.25, 0.3) is 0 Å². The van der Waals surface area contributed by atoms with E-state index in [0.29, 0.717) is 28.4 Å². The van der Waals surface area contributed by atoms with E-state index < -0.39 is 0 Å². The van der Waals surface area contributed by atoms with Gasteiger partial charge >= 0.3 is 0 Å². The van der Waals surface area contributed by atoms with Gasteiger partial charge in [-0.3, -0.25) is 4.79 Å². The predicted octanol–water partition coefficient (Wildman–Crippen LogP) is 4.90. The van der Waals surface area contributed by atoms with Gasteiger partial charge in [0.1, 0.15) is 17.3 Å². The predicted molar refractivity (Wildman–Crippen MR) is 103 cm³/mol. The zero-order valence-electron chi connectivity index (χ0n) is 14.0. The number of aryl methyl sites for hydroxylation is 1. The van der Waals surface area contributed by atoms with Crippen molar-refractivity contribution in [2.24, 2.45) is 0 Å². The van der Waals surface area contributed by atoms with Gasteiger partial charge in [0.15, 0.2) is 3.95 Å². The number of amides is 1. The number of ether oxygens (including phenoxy) is 1. The van der Waals surface area contributed by atoms with Crippen molar-refractivity contribution in [1.29, 1.82) is 0 Å². The maximum atomic E-state index is 12.9. The van der Waals surface area contributed by atoms with E-state index in [1.54, 1.807) is 12.1 Å². The number of benzene rings is 2. The normalized spacial score (nSPS) is 10.5. The van der Waals surface area contributed by atoms with Crippen LogP contribution in [0.4, 0.5) is 4.39 Å². The molecule has 1 aromatic heterocycles. The van der Waals surface area contributed by atoms with E-state index in [1.165, 1.54) is 23.5 Å². The first kappa shape index (κ1) is 18.3. The van der Waals surface area contributed by atoms with E-state index in [4.69, 9.17) is 17.0 Å². The maximum Gasteiger partial charge on any atom is 0.225 e. The molecule has 0 bridgehead atoms. The molecule has 1 amide bonds. The minimum atomic E-state index is -0.303. The minimum absolute atomic E-state index is 0.0509. The molecule has 4 nitrogen and oxygen atoms in total. The number of H-pyrrole nitrogens is 1. The summed E-state index contributed by atoms with van der Waals surface area (Å²) in [5.74, 6) is 0.860. The molecular formula is C19H17FN2O2S2. The van der Waals surface area contributed by atoms with Gasteiger partial charge in [0, 0.05) is 17.1 Å². The molecule has 0 unspecified atom stereocenters. The van der Waals surface area contributed by atoms with Crippen LogP contribution in [0.15, 0.2) is 48.5 Å². The smallest absolute Gasteiger partial charge is 0.225 e. The summed E-state index contributed by atoms with van der Waals surface area (Å²) in [5, 5.41) is 2.90. The third-order valence-electron chi connectivity index (χ3n) is 3.71. The van der Waals surface area contributed by atoms with Gasteiger partial charge in [-0.15, -0.1) is 11.3 Å². The number of rotatable bonds is 6. The number of aromatic amines is 1. The van der Waals surface area contributed by atoms with E-state index >= 15 is 0 Å². The average molecular weight is 388 g/mol. The van der Waals surface area contributed by atoms with Crippen molar-refractivity contribution in [3.63, 3.8) is 0 Å². The lowest BCUT2D eigenvalue weighted by Crippen LogP contribution is -2.24. The van der Waals surface area contributed by atoms with E-state index in [1.807, 2.05) is 31.2 Å². The molecule has 2 N–H and O–H groups in total. The van der Waals surface area contributed by atoms with Crippen LogP contribution in [0.3, 0.4) is 0 Å². The number of nitrogens with one attached hydrogen (secondary N) is 2. The van der Waals surface area contributed by atoms with Crippen LogP contribution < -0.4 is 10.1 Å². The van der Waals surface area contributed by atoms with Crippen molar-refractivity contribution < 1.29 is 13.9 Å². The largest absolute Gasteiger partial charge is 0.457 e. The molecule has 0 spiro atoms. The van der Waals surface area contributed by atoms with Gasteiger partial charge in [-0.25, -0.2) is 4.39 Å². The van der Waals surface area contributed by atoms with Crippen molar-refractivity contribution in [1.82, 2.24) is 10.3 Å². The Morgan fingerprint density at radius 2 is 1.77 bits per heavy atom. The molecule has 26 heavy (non-hydrogen) atoms. The average Bonchev–Trinajstić information content (AvgIpc) is 2.93. The van der Waals surface area contributed by atoms with E-state index in [-0.39, 0.29) is 11.7 Å². The monoisotopic (exact) mass is 388 g/mol. The molecule has 0 saturated heterocycles. The van der Waals surface area contributed by atoms with Crippen LogP contribution >= 0.6 is 23.6 Å². The van der Waals surface area contributed by atoms with Gasteiger partial charge in [-0.1, -0.05) is 12.1 Å². The van der Waals surface area contributed by atoms with Gasteiger partial charge in [0.05, 0.1) is 6.42 Å². The van der Waals surface area contributed by atoms with Crippen LogP contribution in [-0.2, 0) is 17.8 Å². The molecule has 0 radical (unpaired) electrons. The maximum absolute atomic E-state index is 12.9. The second kappa shape index (κ2) is 8.25. The Kier molecular flexibility index (Phi) is 5.80. The number of thiazole rings is 1. The van der Waals surface area contributed by atoms with Crippen molar-refractivity contribution in [3.05, 3.63) is 74.4 Å². The van der Waals surface area contributed by atoms with Crippen LogP contribution in [0.1, 0.15) is 16.1 Å². The van der Waals surface area contributed by atoms with Gasteiger partial charge in [-0.05, 0) is 61.1 Å². The summed E-state index contributed by atoms with van der Waals surface area (Å²) in [7, 11) is 0. The van der Waals surface area contributed by atoms with Gasteiger partial charge in [0.2, 0.25) is 5.91 Å². The third-order valence-corrected chi connectivity index (χ3v) is 5.04. The molecule has 0 aliphatic rings. The van der Waals surface area contributed by atoms with Gasteiger partial charge < -0.3 is 15.0 Å². The van der Waals surface area contributed by atoms with Gasteiger partial charge in [-0.2, -0.15) is 0 Å². The molecule has 0 fully saturated rings. The fourth-order valence-electron chi connectivity index (χ4n) is 2.33. The number of aromatic nitrogens is 1. The van der Waals surface area contributed by atoms with Crippen molar-refractivity contribution in [2.75, 3.05) is 0 Å². The van der Waals surface area contributed by atoms with Crippen molar-refractivity contribution in [3.8, 4) is 11.5 Å². The van der Waals surface area contributed by atoms with Crippen LogP contribution in [0, 0.1) is 16.7 Å². The summed E-state index contributed by atoms with van der Waals surface area (Å²) < 4.78 is 19.2. The first-order chi connectivity index (χ1) is 12.5. The summed E-state index contributed by atoms with van der Waals surface area (Å²) in [6.45, 7) is 2.35. The lowest BCUT2D eigenvalue weighted by Gasteiger charge is -2.08. The van der Waals surface area contributed by atoms with E-state index in [0.717, 1.165) is 16.1 Å². The van der Waals surface area contributed by atoms with Crippen molar-refractivity contribution >= 4 is 29.5 Å². The Bertz CT molecular complexity index is 947. The number of carbonyl (C=O) groups is 1. The molecule has 3 aromatic rings. The summed E-state index contributed by atoms with van der Waals surface area (Å²) in [6.07, 6.45) is 0.315. The standard InChI is InChI=1S/C19H17FN2O2S2/c1-12-17(26-19(25)22-12)10-18(23)21-11-13-2-6-15(7-3-13)24-16-8-4-14(20)5-9-16/h2-9H,10-11H2,1H3,(H,21,23)(H,22,25). The van der Waals surface area contributed by atoms with Crippen LogP contribution in [-0.4, -0.2) is 10.9 Å². The summed E-state index contributed by atoms with van der Waals surface area (Å²) in [6, 6.07) is 13.2. The number of halogens is 1. The highest BCUT2D eigenvalue weighted by molar-refractivity contribution is 7.73. The van der Waals surface area contributed by atoms with Crippen LogP contribution in [0.5, 0.6) is 11.5 Å². The highest BCUT2D eigenvalue weighted by atomic mass is 32.1. The number of hydrogen-bond donors (Lipinski definition) is 2. The van der Waals surface area contributed by atoms with Crippen LogP contribution in [0.2, 0.25) is 0 Å². The molecule has 0 aliphatic heterocycles. The lowest BCUT2D eigenvalue weighted by molar-refractivity contribution is -0.120. The minimum Gasteiger partial charge on any atom is -0.457 e. The van der Waals surface area contributed by atoms with E-state index in [2.05, 4.69) is 10.3 Å².